The predicted molar refractivity (Wildman–Crippen MR) is 86.2 cm³/mol. The SMILES string of the molecule is CSCC(C)N(C)C(=O)C1CCCN1C1CCNCC1. The van der Waals surface area contributed by atoms with Crippen molar-refractivity contribution in [2.75, 3.05) is 38.7 Å². The van der Waals surface area contributed by atoms with E-state index in [4.69, 9.17) is 0 Å². The molecule has 2 heterocycles. The lowest BCUT2D eigenvalue weighted by molar-refractivity contribution is -0.137. The Labute approximate surface area is 127 Å². The largest absolute Gasteiger partial charge is 0.341 e. The van der Waals surface area contributed by atoms with Crippen LogP contribution in [0.4, 0.5) is 0 Å². The average molecular weight is 299 g/mol. The van der Waals surface area contributed by atoms with Gasteiger partial charge in [0.15, 0.2) is 0 Å². The van der Waals surface area contributed by atoms with E-state index in [1.807, 2.05) is 23.7 Å². The Morgan fingerprint density at radius 1 is 1.40 bits per heavy atom. The van der Waals surface area contributed by atoms with E-state index in [9.17, 15) is 4.79 Å². The van der Waals surface area contributed by atoms with Crippen molar-refractivity contribution >= 4 is 17.7 Å². The summed E-state index contributed by atoms with van der Waals surface area (Å²) in [7, 11) is 1.97. The number of piperidine rings is 1. The Hall–Kier alpha value is -0.260. The summed E-state index contributed by atoms with van der Waals surface area (Å²) >= 11 is 1.81. The molecule has 2 saturated heterocycles. The van der Waals surface area contributed by atoms with Crippen molar-refractivity contribution < 1.29 is 4.79 Å². The maximum absolute atomic E-state index is 12.8. The van der Waals surface area contributed by atoms with Crippen molar-refractivity contribution in [3.05, 3.63) is 0 Å². The zero-order valence-corrected chi connectivity index (χ0v) is 13.9. The third-order valence-electron chi connectivity index (χ3n) is 4.77. The van der Waals surface area contributed by atoms with Gasteiger partial charge in [-0.3, -0.25) is 9.69 Å². The number of hydrogen-bond donors (Lipinski definition) is 1. The summed E-state index contributed by atoms with van der Waals surface area (Å²) in [4.78, 5) is 17.2. The van der Waals surface area contributed by atoms with Crippen LogP contribution < -0.4 is 5.32 Å². The summed E-state index contributed by atoms with van der Waals surface area (Å²) in [6, 6.07) is 1.07. The second kappa shape index (κ2) is 7.66. The summed E-state index contributed by atoms with van der Waals surface area (Å²) in [5, 5.41) is 3.42. The maximum Gasteiger partial charge on any atom is 0.239 e. The van der Waals surface area contributed by atoms with E-state index >= 15 is 0 Å². The molecule has 0 spiro atoms. The molecule has 4 nitrogen and oxygen atoms in total. The topological polar surface area (TPSA) is 35.6 Å². The first-order valence-electron chi connectivity index (χ1n) is 7.87. The number of nitrogens with zero attached hydrogens (tertiary/aromatic N) is 2. The van der Waals surface area contributed by atoms with Gasteiger partial charge in [-0.1, -0.05) is 0 Å². The van der Waals surface area contributed by atoms with Crippen LogP contribution in [0.25, 0.3) is 0 Å². The van der Waals surface area contributed by atoms with Gasteiger partial charge in [-0.15, -0.1) is 0 Å². The summed E-state index contributed by atoms with van der Waals surface area (Å²) in [5.41, 5.74) is 0. The summed E-state index contributed by atoms with van der Waals surface area (Å²) < 4.78 is 0. The van der Waals surface area contributed by atoms with E-state index in [2.05, 4.69) is 23.4 Å². The van der Waals surface area contributed by atoms with Gasteiger partial charge in [-0.05, 0) is 58.5 Å². The minimum atomic E-state index is 0.132. The van der Waals surface area contributed by atoms with Gasteiger partial charge in [-0.25, -0.2) is 0 Å². The smallest absolute Gasteiger partial charge is 0.239 e. The normalized spacial score (nSPS) is 26.6. The van der Waals surface area contributed by atoms with Crippen molar-refractivity contribution in [2.24, 2.45) is 0 Å². The lowest BCUT2D eigenvalue weighted by Gasteiger charge is -2.37. The molecule has 2 fully saturated rings. The molecule has 0 aromatic carbocycles. The van der Waals surface area contributed by atoms with Crippen LogP contribution in [-0.2, 0) is 4.79 Å². The van der Waals surface area contributed by atoms with Gasteiger partial charge in [-0.2, -0.15) is 11.8 Å². The van der Waals surface area contributed by atoms with Crippen molar-refractivity contribution in [3.63, 3.8) is 0 Å². The molecule has 0 bridgehead atoms. The predicted octanol–water partition coefficient (Wildman–Crippen LogP) is 1.41. The molecule has 20 heavy (non-hydrogen) atoms. The third-order valence-corrected chi connectivity index (χ3v) is 5.59. The van der Waals surface area contributed by atoms with Gasteiger partial charge in [0.1, 0.15) is 0 Å². The number of carbonyl (C=O) groups excluding carboxylic acids is 1. The molecule has 0 aromatic heterocycles. The van der Waals surface area contributed by atoms with Crippen molar-refractivity contribution in [1.29, 1.82) is 0 Å². The summed E-state index contributed by atoms with van der Waals surface area (Å²) in [6.45, 7) is 5.45. The van der Waals surface area contributed by atoms with Gasteiger partial charge >= 0.3 is 0 Å². The molecular weight excluding hydrogens is 270 g/mol. The Kier molecular flexibility index (Phi) is 6.18. The van der Waals surface area contributed by atoms with Crippen LogP contribution in [0.2, 0.25) is 0 Å². The second-order valence-corrected chi connectivity index (χ2v) is 7.04. The average Bonchev–Trinajstić information content (AvgIpc) is 2.96. The van der Waals surface area contributed by atoms with Crippen LogP contribution in [0.3, 0.4) is 0 Å². The number of thioether (sulfide) groups is 1. The van der Waals surface area contributed by atoms with E-state index in [0.29, 0.717) is 18.0 Å². The van der Waals surface area contributed by atoms with E-state index < -0.39 is 0 Å². The zero-order valence-electron chi connectivity index (χ0n) is 13.1. The van der Waals surface area contributed by atoms with Crippen LogP contribution in [0, 0.1) is 0 Å². The number of hydrogen-bond acceptors (Lipinski definition) is 4. The fraction of sp³-hybridized carbons (Fsp3) is 0.933. The number of amides is 1. The first-order chi connectivity index (χ1) is 9.65. The maximum atomic E-state index is 12.8. The zero-order chi connectivity index (χ0) is 14.5. The molecule has 2 aliphatic rings. The minimum absolute atomic E-state index is 0.132. The highest BCUT2D eigenvalue weighted by molar-refractivity contribution is 7.98. The molecule has 116 valence electrons. The fourth-order valence-electron chi connectivity index (χ4n) is 3.43. The first kappa shape index (κ1) is 16.1. The number of rotatable bonds is 5. The van der Waals surface area contributed by atoms with Crippen LogP contribution in [-0.4, -0.2) is 72.5 Å². The highest BCUT2D eigenvalue weighted by Gasteiger charge is 2.37. The van der Waals surface area contributed by atoms with E-state index in [1.165, 1.54) is 19.3 Å². The van der Waals surface area contributed by atoms with Crippen LogP contribution >= 0.6 is 11.8 Å². The summed E-state index contributed by atoms with van der Waals surface area (Å²) in [6.07, 6.45) is 6.69. The number of likely N-dealkylation sites (tertiary alicyclic amines) is 1. The molecular formula is C15H29N3OS. The molecule has 1 amide bonds. The molecule has 2 atom stereocenters. The van der Waals surface area contributed by atoms with Crippen molar-refractivity contribution in [1.82, 2.24) is 15.1 Å². The van der Waals surface area contributed by atoms with Gasteiger partial charge in [0, 0.05) is 24.9 Å². The molecule has 0 radical (unpaired) electrons. The lowest BCUT2D eigenvalue weighted by Crippen LogP contribution is -2.52. The fourth-order valence-corrected chi connectivity index (χ4v) is 4.14. The van der Waals surface area contributed by atoms with Crippen LogP contribution in [0.15, 0.2) is 0 Å². The van der Waals surface area contributed by atoms with Crippen LogP contribution in [0.5, 0.6) is 0 Å². The highest BCUT2D eigenvalue weighted by atomic mass is 32.2. The van der Waals surface area contributed by atoms with Crippen molar-refractivity contribution in [3.8, 4) is 0 Å². The highest BCUT2D eigenvalue weighted by Crippen LogP contribution is 2.26. The first-order valence-corrected chi connectivity index (χ1v) is 9.26. The Bertz CT molecular complexity index is 320. The molecule has 2 unspecified atom stereocenters. The molecule has 2 rings (SSSR count). The molecule has 0 aliphatic carbocycles. The molecule has 1 N–H and O–H groups in total. The minimum Gasteiger partial charge on any atom is -0.341 e. The Morgan fingerprint density at radius 2 is 2.10 bits per heavy atom. The van der Waals surface area contributed by atoms with E-state index in [0.717, 1.165) is 31.8 Å². The van der Waals surface area contributed by atoms with Gasteiger partial charge in [0.2, 0.25) is 5.91 Å². The van der Waals surface area contributed by atoms with E-state index in [-0.39, 0.29) is 6.04 Å². The van der Waals surface area contributed by atoms with Gasteiger partial charge < -0.3 is 10.2 Å². The number of nitrogens with one attached hydrogen (secondary N) is 1. The van der Waals surface area contributed by atoms with Crippen LogP contribution in [0.1, 0.15) is 32.6 Å². The summed E-state index contributed by atoms with van der Waals surface area (Å²) in [5.74, 6) is 1.35. The number of likely N-dealkylation sites (N-methyl/N-ethyl adjacent to an activating group) is 1. The molecule has 0 aromatic rings. The monoisotopic (exact) mass is 299 g/mol. The second-order valence-electron chi connectivity index (χ2n) is 6.13. The third kappa shape index (κ3) is 3.68. The molecule has 5 heteroatoms. The van der Waals surface area contributed by atoms with Crippen molar-refractivity contribution in [2.45, 2.75) is 50.7 Å². The van der Waals surface area contributed by atoms with Gasteiger partial charge in [0.25, 0.3) is 0 Å². The van der Waals surface area contributed by atoms with E-state index in [1.54, 1.807) is 0 Å². The lowest BCUT2D eigenvalue weighted by atomic mass is 10.0. The Morgan fingerprint density at radius 3 is 2.75 bits per heavy atom. The van der Waals surface area contributed by atoms with Gasteiger partial charge in [0.05, 0.1) is 6.04 Å². The quantitative estimate of drug-likeness (QED) is 0.833. The molecule has 2 aliphatic heterocycles. The Balaban J connectivity index is 1.96. The number of carbonyl (C=O) groups is 1. The standard InChI is InChI=1S/C15H29N3OS/c1-12(11-20-3)17(2)15(19)14-5-4-10-18(14)13-6-8-16-9-7-13/h12-14,16H,4-11H2,1-3H3. The molecule has 0 saturated carbocycles.